The number of carbonyl (C=O) groups is 1. The van der Waals surface area contributed by atoms with Crippen molar-refractivity contribution in [2.75, 3.05) is 18.0 Å². The lowest BCUT2D eigenvalue weighted by atomic mass is 10.1. The van der Waals surface area contributed by atoms with E-state index in [2.05, 4.69) is 26.1 Å². The van der Waals surface area contributed by atoms with E-state index in [0.29, 0.717) is 12.1 Å². The minimum Gasteiger partial charge on any atom is -0.368 e. The van der Waals surface area contributed by atoms with Crippen molar-refractivity contribution < 1.29 is 18.0 Å². The maximum atomic E-state index is 12.8. The maximum absolute atomic E-state index is 12.8. The molecule has 7 heteroatoms. The molecule has 0 aliphatic carbocycles. The Morgan fingerprint density at radius 3 is 2.69 bits per heavy atom. The number of benzene rings is 2. The summed E-state index contributed by atoms with van der Waals surface area (Å²) in [5.41, 5.74) is 0.698. The number of nitrogens with zero attached hydrogens (tertiary/aromatic N) is 1. The van der Waals surface area contributed by atoms with E-state index in [4.69, 9.17) is 0 Å². The Kier molecular flexibility index (Phi) is 5.55. The third kappa shape index (κ3) is 4.58. The van der Waals surface area contributed by atoms with Crippen molar-refractivity contribution in [2.24, 2.45) is 0 Å². The smallest absolute Gasteiger partial charge is 0.368 e. The van der Waals surface area contributed by atoms with Crippen LogP contribution in [0.4, 0.5) is 18.9 Å². The van der Waals surface area contributed by atoms with Crippen LogP contribution in [0.3, 0.4) is 0 Å². The number of nitrogens with one attached hydrogen (secondary N) is 1. The molecule has 0 saturated carbocycles. The molecule has 3 nitrogen and oxygen atoms in total. The average molecular weight is 427 g/mol. The second-order valence-electron chi connectivity index (χ2n) is 6.33. The standard InChI is InChI=1S/C19H18BrF3N2O/c20-16-6-1-2-7-17(16)25-9-8-15(12-25)24-18(26)11-13-4-3-5-14(10-13)19(21,22)23/h1-7,10,15H,8-9,11-12H2,(H,24,26). The van der Waals surface area contributed by atoms with E-state index in [-0.39, 0.29) is 18.4 Å². The van der Waals surface area contributed by atoms with Crippen LogP contribution in [0.5, 0.6) is 0 Å². The minimum absolute atomic E-state index is 0.0135. The third-order valence-corrected chi connectivity index (χ3v) is 5.04. The van der Waals surface area contributed by atoms with Gasteiger partial charge in [-0.1, -0.05) is 30.3 Å². The predicted octanol–water partition coefficient (Wildman–Crippen LogP) is 4.41. The molecule has 3 rings (SSSR count). The molecular weight excluding hydrogens is 409 g/mol. The van der Waals surface area contributed by atoms with E-state index in [9.17, 15) is 18.0 Å². The van der Waals surface area contributed by atoms with E-state index >= 15 is 0 Å². The summed E-state index contributed by atoms with van der Waals surface area (Å²) in [5, 5.41) is 2.93. The van der Waals surface area contributed by atoms with Crippen LogP contribution < -0.4 is 10.2 Å². The summed E-state index contributed by atoms with van der Waals surface area (Å²) in [7, 11) is 0. The first-order chi connectivity index (χ1) is 12.3. The van der Waals surface area contributed by atoms with Gasteiger partial charge in [-0.25, -0.2) is 0 Å². The van der Waals surface area contributed by atoms with Gasteiger partial charge in [0.2, 0.25) is 5.91 Å². The van der Waals surface area contributed by atoms with Crippen molar-refractivity contribution >= 4 is 27.5 Å². The van der Waals surface area contributed by atoms with Gasteiger partial charge in [0, 0.05) is 23.6 Å². The molecule has 1 fully saturated rings. The number of hydrogen-bond acceptors (Lipinski definition) is 2. The molecule has 1 unspecified atom stereocenters. The van der Waals surface area contributed by atoms with Gasteiger partial charge >= 0.3 is 6.18 Å². The monoisotopic (exact) mass is 426 g/mol. The van der Waals surface area contributed by atoms with Crippen LogP contribution in [0, 0.1) is 0 Å². The second-order valence-corrected chi connectivity index (χ2v) is 7.18. The fourth-order valence-corrected chi connectivity index (χ4v) is 3.66. The topological polar surface area (TPSA) is 32.3 Å². The molecule has 1 N–H and O–H groups in total. The number of rotatable bonds is 4. The minimum atomic E-state index is -4.40. The Labute approximate surface area is 158 Å². The lowest BCUT2D eigenvalue weighted by Crippen LogP contribution is -2.38. The number of halogens is 4. The quantitative estimate of drug-likeness (QED) is 0.785. The molecule has 1 aliphatic heterocycles. The normalized spacial score (nSPS) is 17.4. The zero-order valence-corrected chi connectivity index (χ0v) is 15.5. The first-order valence-electron chi connectivity index (χ1n) is 8.28. The second kappa shape index (κ2) is 7.70. The Morgan fingerprint density at radius 1 is 1.19 bits per heavy atom. The summed E-state index contributed by atoms with van der Waals surface area (Å²) in [4.78, 5) is 14.4. The van der Waals surface area contributed by atoms with Crippen molar-refractivity contribution in [1.82, 2.24) is 5.32 Å². The molecule has 26 heavy (non-hydrogen) atoms. The van der Waals surface area contributed by atoms with Crippen LogP contribution in [-0.4, -0.2) is 25.0 Å². The highest BCUT2D eigenvalue weighted by atomic mass is 79.9. The van der Waals surface area contributed by atoms with E-state index in [1.165, 1.54) is 12.1 Å². The summed E-state index contributed by atoms with van der Waals surface area (Å²) in [6.07, 6.45) is -3.66. The molecule has 1 atom stereocenters. The van der Waals surface area contributed by atoms with Crippen LogP contribution in [0.25, 0.3) is 0 Å². The van der Waals surface area contributed by atoms with E-state index in [1.54, 1.807) is 0 Å². The molecule has 0 spiro atoms. The van der Waals surface area contributed by atoms with Gasteiger partial charge in [0.05, 0.1) is 17.7 Å². The highest BCUT2D eigenvalue weighted by Gasteiger charge is 2.30. The molecule has 2 aromatic rings. The Hall–Kier alpha value is -2.02. The van der Waals surface area contributed by atoms with E-state index in [0.717, 1.165) is 35.3 Å². The molecule has 1 aliphatic rings. The summed E-state index contributed by atoms with van der Waals surface area (Å²) >= 11 is 3.52. The summed E-state index contributed by atoms with van der Waals surface area (Å²) in [6, 6.07) is 12.8. The average Bonchev–Trinajstić information content (AvgIpc) is 3.02. The fraction of sp³-hybridized carbons (Fsp3) is 0.316. The van der Waals surface area contributed by atoms with Crippen LogP contribution in [-0.2, 0) is 17.4 Å². The molecule has 1 heterocycles. The number of carbonyl (C=O) groups excluding carboxylic acids is 1. The SMILES string of the molecule is O=C(Cc1cccc(C(F)(F)F)c1)NC1CCN(c2ccccc2Br)C1. The highest BCUT2D eigenvalue weighted by molar-refractivity contribution is 9.10. The lowest BCUT2D eigenvalue weighted by molar-refractivity contribution is -0.137. The Bertz CT molecular complexity index is 794. The van der Waals surface area contributed by atoms with Crippen LogP contribution >= 0.6 is 15.9 Å². The maximum Gasteiger partial charge on any atom is 0.416 e. The van der Waals surface area contributed by atoms with Crippen molar-refractivity contribution in [3.8, 4) is 0 Å². The summed E-state index contributed by atoms with van der Waals surface area (Å²) in [6.45, 7) is 1.49. The van der Waals surface area contributed by atoms with Crippen molar-refractivity contribution in [3.05, 3.63) is 64.1 Å². The third-order valence-electron chi connectivity index (χ3n) is 4.37. The van der Waals surface area contributed by atoms with Crippen molar-refractivity contribution in [2.45, 2.75) is 25.1 Å². The van der Waals surface area contributed by atoms with Crippen LogP contribution in [0.2, 0.25) is 0 Å². The molecular formula is C19H18BrF3N2O. The number of alkyl halides is 3. The molecule has 0 bridgehead atoms. The fourth-order valence-electron chi connectivity index (χ4n) is 3.13. The zero-order chi connectivity index (χ0) is 18.7. The largest absolute Gasteiger partial charge is 0.416 e. The van der Waals surface area contributed by atoms with Gasteiger partial charge < -0.3 is 10.2 Å². The van der Waals surface area contributed by atoms with Gasteiger partial charge in [-0.15, -0.1) is 0 Å². The Balaban J connectivity index is 1.57. The van der Waals surface area contributed by atoms with Gasteiger partial charge in [0.25, 0.3) is 0 Å². The summed E-state index contributed by atoms with van der Waals surface area (Å²) in [5.74, 6) is -0.261. The first kappa shape index (κ1) is 18.8. The van der Waals surface area contributed by atoms with Crippen molar-refractivity contribution in [3.63, 3.8) is 0 Å². The molecule has 0 radical (unpaired) electrons. The van der Waals surface area contributed by atoms with Crippen molar-refractivity contribution in [1.29, 1.82) is 0 Å². The van der Waals surface area contributed by atoms with Gasteiger partial charge in [-0.05, 0) is 46.1 Å². The first-order valence-corrected chi connectivity index (χ1v) is 9.07. The highest BCUT2D eigenvalue weighted by Crippen LogP contribution is 2.30. The number of amides is 1. The molecule has 0 aromatic heterocycles. The van der Waals surface area contributed by atoms with Gasteiger partial charge in [-0.2, -0.15) is 13.2 Å². The predicted molar refractivity (Wildman–Crippen MR) is 98.1 cm³/mol. The molecule has 1 amide bonds. The van der Waals surface area contributed by atoms with E-state index in [1.807, 2.05) is 24.3 Å². The van der Waals surface area contributed by atoms with Crippen LogP contribution in [0.1, 0.15) is 17.5 Å². The molecule has 138 valence electrons. The molecule has 1 saturated heterocycles. The lowest BCUT2D eigenvalue weighted by Gasteiger charge is -2.20. The van der Waals surface area contributed by atoms with Gasteiger partial charge in [-0.3, -0.25) is 4.79 Å². The number of hydrogen-bond donors (Lipinski definition) is 1. The van der Waals surface area contributed by atoms with Crippen LogP contribution in [0.15, 0.2) is 53.0 Å². The summed E-state index contributed by atoms with van der Waals surface area (Å²) < 4.78 is 39.3. The molecule has 2 aromatic carbocycles. The Morgan fingerprint density at radius 2 is 1.96 bits per heavy atom. The number of anilines is 1. The number of para-hydroxylation sites is 1. The van der Waals surface area contributed by atoms with E-state index < -0.39 is 11.7 Å². The van der Waals surface area contributed by atoms with Gasteiger partial charge in [0.15, 0.2) is 0 Å². The zero-order valence-electron chi connectivity index (χ0n) is 13.9. The van der Waals surface area contributed by atoms with Gasteiger partial charge in [0.1, 0.15) is 0 Å².